The molecule has 2 heterocycles. The van der Waals surface area contributed by atoms with Crippen molar-refractivity contribution in [2.75, 3.05) is 25.1 Å². The first-order valence-electron chi connectivity index (χ1n) is 11.3. The highest BCUT2D eigenvalue weighted by Crippen LogP contribution is 2.39. The van der Waals surface area contributed by atoms with E-state index in [-0.39, 0.29) is 18.0 Å². The molecule has 0 radical (unpaired) electrons. The Labute approximate surface area is 178 Å². The number of aryl methyl sites for hydroxylation is 2. The number of benzene rings is 2. The van der Waals surface area contributed by atoms with Gasteiger partial charge in [0.2, 0.25) is 5.91 Å². The lowest BCUT2D eigenvalue weighted by molar-refractivity contribution is -0.121. The van der Waals surface area contributed by atoms with E-state index < -0.39 is 0 Å². The van der Waals surface area contributed by atoms with E-state index in [4.69, 9.17) is 9.47 Å². The number of nitrogens with zero attached hydrogens (tertiary/aromatic N) is 1. The number of nitrogens with one attached hydrogen (secondary N) is 1. The van der Waals surface area contributed by atoms with Gasteiger partial charge in [0.05, 0.1) is 19.3 Å². The van der Waals surface area contributed by atoms with Crippen LogP contribution < -0.4 is 14.8 Å². The summed E-state index contributed by atoms with van der Waals surface area (Å²) < 4.78 is 11.7. The van der Waals surface area contributed by atoms with Crippen molar-refractivity contribution in [3.8, 4) is 11.5 Å². The van der Waals surface area contributed by atoms with Gasteiger partial charge in [-0.15, -0.1) is 0 Å². The molecule has 158 valence electrons. The fourth-order valence-electron chi connectivity index (χ4n) is 5.04. The third kappa shape index (κ3) is 3.79. The van der Waals surface area contributed by atoms with Crippen LogP contribution in [0.15, 0.2) is 36.4 Å². The van der Waals surface area contributed by atoms with E-state index in [0.717, 1.165) is 55.8 Å². The Morgan fingerprint density at radius 3 is 2.73 bits per heavy atom. The van der Waals surface area contributed by atoms with Crippen molar-refractivity contribution in [3.63, 3.8) is 0 Å². The Morgan fingerprint density at radius 1 is 1.00 bits per heavy atom. The molecule has 1 fully saturated rings. The first kappa shape index (κ1) is 19.4. The summed E-state index contributed by atoms with van der Waals surface area (Å²) in [5, 5.41) is 3.15. The number of carbonyl (C=O) groups excluding carboxylic acids is 1. The van der Waals surface area contributed by atoms with Crippen LogP contribution in [0, 0.1) is 0 Å². The standard InChI is InChI=1S/C25H30N2O3/c1-17(25(28)26-21-10-8-18-5-2-6-19(18)15-21)27-12-3-7-22(27)20-9-11-23-24(16-20)30-14-4-13-29-23/h8-11,15-17,22H,2-7,12-14H2,1H3,(H,26,28)/t17-,22-/m0/s1. The second-order valence-electron chi connectivity index (χ2n) is 8.65. The number of carbonyl (C=O) groups is 1. The highest BCUT2D eigenvalue weighted by molar-refractivity contribution is 5.94. The minimum Gasteiger partial charge on any atom is -0.490 e. The molecule has 0 saturated carbocycles. The molecule has 5 rings (SSSR count). The summed E-state index contributed by atoms with van der Waals surface area (Å²) in [6, 6.07) is 12.6. The normalized spacial score (nSPS) is 21.7. The van der Waals surface area contributed by atoms with Crippen molar-refractivity contribution < 1.29 is 14.3 Å². The molecule has 0 unspecified atom stereocenters. The molecule has 2 aliphatic heterocycles. The molecule has 5 nitrogen and oxygen atoms in total. The minimum atomic E-state index is -0.193. The molecule has 1 saturated heterocycles. The molecule has 3 aliphatic rings. The van der Waals surface area contributed by atoms with Crippen LogP contribution in [0.2, 0.25) is 0 Å². The molecule has 30 heavy (non-hydrogen) atoms. The van der Waals surface area contributed by atoms with Crippen molar-refractivity contribution in [3.05, 3.63) is 53.1 Å². The third-order valence-electron chi connectivity index (χ3n) is 6.69. The van der Waals surface area contributed by atoms with Gasteiger partial charge >= 0.3 is 0 Å². The van der Waals surface area contributed by atoms with E-state index in [2.05, 4.69) is 34.5 Å². The predicted octanol–water partition coefficient (Wildman–Crippen LogP) is 4.50. The van der Waals surface area contributed by atoms with Gasteiger partial charge in [-0.1, -0.05) is 12.1 Å². The maximum Gasteiger partial charge on any atom is 0.241 e. The SMILES string of the molecule is C[C@@H](C(=O)Nc1ccc2c(c1)CCC2)N1CCC[C@H]1c1ccc2c(c1)OCCCO2. The van der Waals surface area contributed by atoms with E-state index >= 15 is 0 Å². The van der Waals surface area contributed by atoms with Crippen LogP contribution in [0.4, 0.5) is 5.69 Å². The second kappa shape index (κ2) is 8.31. The van der Waals surface area contributed by atoms with Crippen LogP contribution >= 0.6 is 0 Å². The monoisotopic (exact) mass is 406 g/mol. The van der Waals surface area contributed by atoms with Gasteiger partial charge in [-0.2, -0.15) is 0 Å². The fourth-order valence-corrected chi connectivity index (χ4v) is 5.04. The molecule has 0 spiro atoms. The first-order valence-corrected chi connectivity index (χ1v) is 11.3. The quantitative estimate of drug-likeness (QED) is 0.812. The maximum absolute atomic E-state index is 13.1. The van der Waals surface area contributed by atoms with E-state index in [0.29, 0.717) is 13.2 Å². The van der Waals surface area contributed by atoms with Gasteiger partial charge in [0.25, 0.3) is 0 Å². The summed E-state index contributed by atoms with van der Waals surface area (Å²) in [5.41, 5.74) is 4.93. The molecule has 1 amide bonds. The van der Waals surface area contributed by atoms with Crippen molar-refractivity contribution in [2.24, 2.45) is 0 Å². The zero-order chi connectivity index (χ0) is 20.5. The Morgan fingerprint density at radius 2 is 1.83 bits per heavy atom. The lowest BCUT2D eigenvalue weighted by Gasteiger charge is -2.30. The highest BCUT2D eigenvalue weighted by atomic mass is 16.5. The molecule has 1 N–H and O–H groups in total. The number of hydrogen-bond acceptors (Lipinski definition) is 4. The predicted molar refractivity (Wildman–Crippen MR) is 117 cm³/mol. The number of fused-ring (bicyclic) bond motifs is 2. The van der Waals surface area contributed by atoms with Crippen molar-refractivity contribution in [1.82, 2.24) is 4.90 Å². The average Bonchev–Trinajstić information content (AvgIpc) is 3.37. The van der Waals surface area contributed by atoms with Crippen molar-refractivity contribution >= 4 is 11.6 Å². The first-order chi connectivity index (χ1) is 14.7. The molecule has 0 bridgehead atoms. The zero-order valence-corrected chi connectivity index (χ0v) is 17.7. The van der Waals surface area contributed by atoms with E-state index in [1.807, 2.05) is 19.1 Å². The maximum atomic E-state index is 13.1. The van der Waals surface area contributed by atoms with Crippen LogP contribution in [0.3, 0.4) is 0 Å². The Balaban J connectivity index is 1.30. The summed E-state index contributed by atoms with van der Waals surface area (Å²) in [6.45, 7) is 4.33. The molecule has 2 aromatic carbocycles. The van der Waals surface area contributed by atoms with Crippen LogP contribution in [0.25, 0.3) is 0 Å². The molecule has 1 aliphatic carbocycles. The fraction of sp³-hybridized carbons (Fsp3) is 0.480. The minimum absolute atomic E-state index is 0.0641. The number of rotatable bonds is 4. The Kier molecular flexibility index (Phi) is 5.38. The Hall–Kier alpha value is -2.53. The highest BCUT2D eigenvalue weighted by Gasteiger charge is 2.33. The zero-order valence-electron chi connectivity index (χ0n) is 17.7. The van der Waals surface area contributed by atoms with Gasteiger partial charge in [0, 0.05) is 18.2 Å². The van der Waals surface area contributed by atoms with Gasteiger partial charge in [-0.25, -0.2) is 0 Å². The molecule has 0 aromatic heterocycles. The van der Waals surface area contributed by atoms with Crippen molar-refractivity contribution in [1.29, 1.82) is 0 Å². The third-order valence-corrected chi connectivity index (χ3v) is 6.69. The second-order valence-corrected chi connectivity index (χ2v) is 8.65. The number of hydrogen-bond donors (Lipinski definition) is 1. The average molecular weight is 407 g/mol. The van der Waals surface area contributed by atoms with Gasteiger partial charge in [-0.3, -0.25) is 9.69 Å². The summed E-state index contributed by atoms with van der Waals surface area (Å²) >= 11 is 0. The topological polar surface area (TPSA) is 50.8 Å². The van der Waals surface area contributed by atoms with Gasteiger partial charge in [0.15, 0.2) is 11.5 Å². The number of ether oxygens (including phenoxy) is 2. The van der Waals surface area contributed by atoms with Gasteiger partial charge < -0.3 is 14.8 Å². The molecule has 2 aromatic rings. The lowest BCUT2D eigenvalue weighted by Crippen LogP contribution is -2.41. The Bertz CT molecular complexity index is 942. The number of anilines is 1. The summed E-state index contributed by atoms with van der Waals surface area (Å²) in [4.78, 5) is 15.4. The van der Waals surface area contributed by atoms with Crippen molar-refractivity contribution in [2.45, 2.75) is 57.5 Å². The van der Waals surface area contributed by atoms with Crippen LogP contribution in [-0.4, -0.2) is 36.6 Å². The van der Waals surface area contributed by atoms with Crippen LogP contribution in [0.5, 0.6) is 11.5 Å². The van der Waals surface area contributed by atoms with Crippen LogP contribution in [-0.2, 0) is 17.6 Å². The summed E-state index contributed by atoms with van der Waals surface area (Å²) in [7, 11) is 0. The van der Waals surface area contributed by atoms with Gasteiger partial charge in [-0.05, 0) is 86.5 Å². The molecular weight excluding hydrogens is 376 g/mol. The smallest absolute Gasteiger partial charge is 0.241 e. The molecule has 2 atom stereocenters. The molecular formula is C25H30N2O3. The van der Waals surface area contributed by atoms with Gasteiger partial charge in [0.1, 0.15) is 0 Å². The van der Waals surface area contributed by atoms with E-state index in [9.17, 15) is 4.79 Å². The largest absolute Gasteiger partial charge is 0.490 e. The van der Waals surface area contributed by atoms with E-state index in [1.54, 1.807) is 0 Å². The number of likely N-dealkylation sites (tertiary alicyclic amines) is 1. The van der Waals surface area contributed by atoms with E-state index in [1.165, 1.54) is 23.1 Å². The van der Waals surface area contributed by atoms with Crippen LogP contribution in [0.1, 0.15) is 55.3 Å². The molecule has 5 heteroatoms. The summed E-state index contributed by atoms with van der Waals surface area (Å²) in [5.74, 6) is 1.71. The number of amides is 1. The lowest BCUT2D eigenvalue weighted by atomic mass is 10.0. The summed E-state index contributed by atoms with van der Waals surface area (Å²) in [6.07, 6.45) is 6.54.